The maximum Gasteiger partial charge on any atom is 0.337 e. The van der Waals surface area contributed by atoms with Crippen LogP contribution in [0.25, 0.3) is 0 Å². The molecule has 0 aliphatic rings. The maximum absolute atomic E-state index is 12.4. The van der Waals surface area contributed by atoms with Crippen molar-refractivity contribution in [2.45, 2.75) is 37.8 Å². The highest BCUT2D eigenvalue weighted by Gasteiger charge is 2.24. The van der Waals surface area contributed by atoms with Crippen LogP contribution >= 0.6 is 0 Å². The molecule has 2 N–H and O–H groups in total. The highest BCUT2D eigenvalue weighted by molar-refractivity contribution is 7.90. The number of rotatable bonds is 8. The van der Waals surface area contributed by atoms with E-state index < -0.39 is 21.3 Å². The smallest absolute Gasteiger partial charge is 0.337 e. The van der Waals surface area contributed by atoms with Gasteiger partial charge in [0.1, 0.15) is 0 Å². The van der Waals surface area contributed by atoms with Crippen LogP contribution in [0.4, 0.5) is 8.78 Å². The van der Waals surface area contributed by atoms with Crippen molar-refractivity contribution in [3.8, 4) is 0 Å². The van der Waals surface area contributed by atoms with E-state index in [2.05, 4.69) is 0 Å². The highest BCUT2D eigenvalue weighted by atomic mass is 32.2. The van der Waals surface area contributed by atoms with E-state index in [1.807, 2.05) is 13.8 Å². The summed E-state index contributed by atoms with van der Waals surface area (Å²) in [5, 5.41) is 0. The van der Waals surface area contributed by atoms with Crippen molar-refractivity contribution in [3.63, 3.8) is 0 Å². The summed E-state index contributed by atoms with van der Waals surface area (Å²) in [6, 6.07) is 5.64. The largest absolute Gasteiger partial charge is 0.342 e. The number of alkyl halides is 2. The van der Waals surface area contributed by atoms with E-state index in [9.17, 15) is 22.0 Å². The molecule has 1 unspecified atom stereocenters. The van der Waals surface area contributed by atoms with Crippen molar-refractivity contribution < 1.29 is 22.0 Å². The minimum Gasteiger partial charge on any atom is -0.342 e. The van der Waals surface area contributed by atoms with Gasteiger partial charge >= 0.3 is 5.76 Å². The van der Waals surface area contributed by atoms with E-state index in [-0.39, 0.29) is 17.5 Å². The van der Waals surface area contributed by atoms with Crippen LogP contribution in [0.1, 0.15) is 36.2 Å². The van der Waals surface area contributed by atoms with Crippen LogP contribution < -0.4 is 5.73 Å². The molecule has 0 saturated carbocycles. The number of carbonyl (C=O) groups is 1. The molecule has 0 radical (unpaired) electrons. The zero-order chi connectivity index (χ0) is 18.5. The Hall–Kier alpha value is -1.54. The van der Waals surface area contributed by atoms with E-state index >= 15 is 0 Å². The standard InChI is InChI=1S/C16H24F2N2O3S/c1-11(2)14(19)8-9-20(3)15(21)13-6-4-12(5-7-13)10-24(22,23)16(17)18/h4-7,11,14,16H,8-10,19H2,1-3H3. The van der Waals surface area contributed by atoms with Gasteiger partial charge in [-0.25, -0.2) is 8.42 Å². The van der Waals surface area contributed by atoms with Gasteiger partial charge in [0.15, 0.2) is 0 Å². The lowest BCUT2D eigenvalue weighted by Crippen LogP contribution is -2.34. The summed E-state index contributed by atoms with van der Waals surface area (Å²) in [6.07, 6.45) is 0.671. The van der Waals surface area contributed by atoms with Crippen molar-refractivity contribution in [1.29, 1.82) is 0 Å². The number of sulfone groups is 1. The lowest BCUT2D eigenvalue weighted by Gasteiger charge is -2.21. The monoisotopic (exact) mass is 362 g/mol. The molecule has 1 aromatic carbocycles. The second kappa shape index (κ2) is 8.53. The third-order valence-corrected chi connectivity index (χ3v) is 5.12. The number of hydrogen-bond donors (Lipinski definition) is 1. The van der Waals surface area contributed by atoms with Crippen LogP contribution in [0.5, 0.6) is 0 Å². The van der Waals surface area contributed by atoms with Crippen LogP contribution in [0.2, 0.25) is 0 Å². The summed E-state index contributed by atoms with van der Waals surface area (Å²) in [4.78, 5) is 13.8. The summed E-state index contributed by atoms with van der Waals surface area (Å²) in [6.45, 7) is 4.52. The van der Waals surface area contributed by atoms with Crippen LogP contribution in [0, 0.1) is 5.92 Å². The van der Waals surface area contributed by atoms with Gasteiger partial charge in [-0.3, -0.25) is 4.79 Å². The Morgan fingerprint density at radius 1 is 1.21 bits per heavy atom. The SMILES string of the molecule is CC(C)C(N)CCN(C)C(=O)c1ccc(CS(=O)(=O)C(F)F)cc1. The van der Waals surface area contributed by atoms with Gasteiger partial charge in [0.05, 0.1) is 5.75 Å². The molecular formula is C16H24F2N2O3S. The molecule has 1 rings (SSSR count). The van der Waals surface area contributed by atoms with Crippen molar-refractivity contribution in [3.05, 3.63) is 35.4 Å². The number of nitrogens with zero attached hydrogens (tertiary/aromatic N) is 1. The molecule has 0 heterocycles. The second-order valence-corrected chi connectivity index (χ2v) is 8.16. The van der Waals surface area contributed by atoms with Crippen molar-refractivity contribution in [1.82, 2.24) is 4.90 Å². The first-order valence-electron chi connectivity index (χ1n) is 7.64. The van der Waals surface area contributed by atoms with Gasteiger partial charge < -0.3 is 10.6 Å². The number of carbonyl (C=O) groups excluding carboxylic acids is 1. The first-order valence-corrected chi connectivity index (χ1v) is 9.36. The molecule has 0 saturated heterocycles. The molecule has 0 spiro atoms. The first-order chi connectivity index (χ1) is 11.0. The molecule has 0 bridgehead atoms. The Balaban J connectivity index is 2.69. The number of amides is 1. The first kappa shape index (κ1) is 20.5. The van der Waals surface area contributed by atoms with Gasteiger partial charge in [0, 0.05) is 25.2 Å². The Morgan fingerprint density at radius 2 is 1.75 bits per heavy atom. The lowest BCUT2D eigenvalue weighted by atomic mass is 10.0. The van der Waals surface area contributed by atoms with E-state index in [4.69, 9.17) is 5.73 Å². The van der Waals surface area contributed by atoms with E-state index in [1.165, 1.54) is 29.2 Å². The number of hydrogen-bond acceptors (Lipinski definition) is 4. The lowest BCUT2D eigenvalue weighted by molar-refractivity contribution is 0.0789. The molecule has 136 valence electrons. The molecule has 0 fully saturated rings. The van der Waals surface area contributed by atoms with Gasteiger partial charge in [0.25, 0.3) is 5.91 Å². The molecule has 24 heavy (non-hydrogen) atoms. The third-order valence-electron chi connectivity index (χ3n) is 3.84. The average molecular weight is 362 g/mol. The quantitative estimate of drug-likeness (QED) is 0.769. The Kier molecular flexibility index (Phi) is 7.28. The Bertz CT molecular complexity index is 646. The molecule has 0 aliphatic heterocycles. The third kappa shape index (κ3) is 5.83. The van der Waals surface area contributed by atoms with Gasteiger partial charge in [-0.1, -0.05) is 26.0 Å². The molecule has 0 aromatic heterocycles. The van der Waals surface area contributed by atoms with E-state index in [0.717, 1.165) is 0 Å². The van der Waals surface area contributed by atoms with Crippen molar-refractivity contribution in [2.24, 2.45) is 11.7 Å². The molecule has 1 atom stereocenters. The summed E-state index contributed by atoms with van der Waals surface area (Å²) >= 11 is 0. The summed E-state index contributed by atoms with van der Waals surface area (Å²) < 4.78 is 47.1. The van der Waals surface area contributed by atoms with Gasteiger partial charge in [-0.05, 0) is 30.0 Å². The molecule has 5 nitrogen and oxygen atoms in total. The zero-order valence-corrected chi connectivity index (χ0v) is 14.9. The number of halogens is 2. The number of nitrogens with two attached hydrogens (primary N) is 1. The van der Waals surface area contributed by atoms with E-state index in [1.54, 1.807) is 7.05 Å². The maximum atomic E-state index is 12.4. The Labute approximate surface area is 141 Å². The topological polar surface area (TPSA) is 80.5 Å². The fraction of sp³-hybridized carbons (Fsp3) is 0.562. The summed E-state index contributed by atoms with van der Waals surface area (Å²) in [5.74, 6) is -4.06. The number of benzene rings is 1. The minimum absolute atomic E-state index is 0.00202. The predicted octanol–water partition coefficient (Wildman–Crippen LogP) is 2.27. The van der Waals surface area contributed by atoms with E-state index in [0.29, 0.717) is 24.4 Å². The Morgan fingerprint density at radius 3 is 2.21 bits per heavy atom. The average Bonchev–Trinajstić information content (AvgIpc) is 2.51. The van der Waals surface area contributed by atoms with Crippen LogP contribution in [0.3, 0.4) is 0 Å². The molecule has 0 aliphatic carbocycles. The molecule has 1 aromatic rings. The second-order valence-electron chi connectivity index (χ2n) is 6.19. The fourth-order valence-corrected chi connectivity index (χ4v) is 2.82. The van der Waals surface area contributed by atoms with Crippen molar-refractivity contribution in [2.75, 3.05) is 13.6 Å². The fourth-order valence-electron chi connectivity index (χ4n) is 2.04. The van der Waals surface area contributed by atoms with Crippen LogP contribution in [0.15, 0.2) is 24.3 Å². The normalized spacial score (nSPS) is 13.3. The molecular weight excluding hydrogens is 338 g/mol. The predicted molar refractivity (Wildman–Crippen MR) is 89.5 cm³/mol. The minimum atomic E-state index is -4.47. The van der Waals surface area contributed by atoms with Crippen LogP contribution in [-0.2, 0) is 15.6 Å². The van der Waals surface area contributed by atoms with Gasteiger partial charge in [-0.2, -0.15) is 8.78 Å². The summed E-state index contributed by atoms with van der Waals surface area (Å²) in [5.41, 5.74) is 6.54. The van der Waals surface area contributed by atoms with Crippen LogP contribution in [-0.4, -0.2) is 44.6 Å². The van der Waals surface area contributed by atoms with Gasteiger partial charge in [-0.15, -0.1) is 0 Å². The highest BCUT2D eigenvalue weighted by Crippen LogP contribution is 2.15. The summed E-state index contributed by atoms with van der Waals surface area (Å²) in [7, 11) is -2.81. The molecule has 1 amide bonds. The van der Waals surface area contributed by atoms with Crippen molar-refractivity contribution >= 4 is 15.7 Å². The zero-order valence-electron chi connectivity index (χ0n) is 14.1. The molecule has 8 heteroatoms. The van der Waals surface area contributed by atoms with Gasteiger partial charge in [0.2, 0.25) is 9.84 Å².